The fourth-order valence-electron chi connectivity index (χ4n) is 2.44. The lowest BCUT2D eigenvalue weighted by Gasteiger charge is -2.05. The Bertz CT molecular complexity index is 887. The maximum atomic E-state index is 12.0. The lowest BCUT2D eigenvalue weighted by Crippen LogP contribution is -2.12. The van der Waals surface area contributed by atoms with Gasteiger partial charge in [-0.25, -0.2) is 0 Å². The third-order valence-electron chi connectivity index (χ3n) is 3.55. The molecule has 3 rings (SSSR count). The number of benzene rings is 1. The molecule has 114 valence electrons. The molecule has 0 bridgehead atoms. The third kappa shape index (κ3) is 2.78. The molecule has 0 aliphatic rings. The molecule has 7 nitrogen and oxygen atoms in total. The number of H-pyrrole nitrogens is 1. The molecule has 2 aromatic heterocycles. The van der Waals surface area contributed by atoms with Crippen molar-refractivity contribution in [3.05, 3.63) is 46.5 Å². The molecular weight excluding hydrogens is 282 g/mol. The number of rotatable bonds is 4. The highest BCUT2D eigenvalue weighted by atomic mass is 16.1. The molecule has 0 unspecified atom stereocenters. The first-order valence-electron chi connectivity index (χ1n) is 6.99. The largest absolute Gasteiger partial charge is 0.326 e. The zero-order valence-corrected chi connectivity index (χ0v) is 12.5. The van der Waals surface area contributed by atoms with Gasteiger partial charge < -0.3 is 5.32 Å². The summed E-state index contributed by atoms with van der Waals surface area (Å²) in [6.45, 7) is 0. The number of aromatic amines is 1. The van der Waals surface area contributed by atoms with Crippen LogP contribution in [-0.4, -0.2) is 25.5 Å². The summed E-state index contributed by atoms with van der Waals surface area (Å²) < 4.78 is 3.37. The molecule has 0 spiro atoms. The first-order chi connectivity index (χ1) is 10.5. The molecule has 2 heterocycles. The van der Waals surface area contributed by atoms with Crippen LogP contribution in [0.5, 0.6) is 0 Å². The lowest BCUT2D eigenvalue weighted by atomic mass is 10.2. The lowest BCUT2D eigenvalue weighted by molar-refractivity contribution is -0.116. The van der Waals surface area contributed by atoms with E-state index in [0.717, 1.165) is 11.1 Å². The summed E-state index contributed by atoms with van der Waals surface area (Å²) in [4.78, 5) is 23.7. The van der Waals surface area contributed by atoms with E-state index in [4.69, 9.17) is 0 Å². The van der Waals surface area contributed by atoms with Gasteiger partial charge in [-0.2, -0.15) is 5.10 Å². The molecule has 0 fully saturated rings. The molecule has 0 atom stereocenters. The van der Waals surface area contributed by atoms with Crippen molar-refractivity contribution in [3.8, 4) is 0 Å². The second kappa shape index (κ2) is 5.51. The Morgan fingerprint density at radius 1 is 1.36 bits per heavy atom. The van der Waals surface area contributed by atoms with Crippen molar-refractivity contribution >= 4 is 22.5 Å². The van der Waals surface area contributed by atoms with Gasteiger partial charge in [-0.1, -0.05) is 0 Å². The Balaban J connectivity index is 1.68. The summed E-state index contributed by atoms with van der Waals surface area (Å²) in [5, 5.41) is 10.1. The van der Waals surface area contributed by atoms with Gasteiger partial charge in [-0.3, -0.25) is 24.1 Å². The van der Waals surface area contributed by atoms with E-state index in [2.05, 4.69) is 15.5 Å². The monoisotopic (exact) mass is 299 g/mol. The third-order valence-corrected chi connectivity index (χ3v) is 3.55. The minimum Gasteiger partial charge on any atom is -0.326 e. The van der Waals surface area contributed by atoms with Crippen molar-refractivity contribution in [2.75, 3.05) is 5.32 Å². The minimum atomic E-state index is -0.163. The van der Waals surface area contributed by atoms with Gasteiger partial charge in [-0.05, 0) is 30.2 Å². The number of nitrogens with one attached hydrogen (secondary N) is 2. The summed E-state index contributed by atoms with van der Waals surface area (Å²) in [6.07, 6.45) is 4.65. The number of hydrogen-bond donors (Lipinski definition) is 2. The number of fused-ring (bicyclic) bond motifs is 1. The van der Waals surface area contributed by atoms with Crippen LogP contribution < -0.4 is 10.9 Å². The first-order valence-corrected chi connectivity index (χ1v) is 6.99. The van der Waals surface area contributed by atoms with Crippen molar-refractivity contribution < 1.29 is 4.79 Å². The summed E-state index contributed by atoms with van der Waals surface area (Å²) in [6, 6.07) is 5.29. The molecule has 0 saturated heterocycles. The number of amides is 1. The molecule has 0 aliphatic heterocycles. The predicted molar refractivity (Wildman–Crippen MR) is 83.7 cm³/mol. The van der Waals surface area contributed by atoms with Crippen LogP contribution in [0.1, 0.15) is 12.0 Å². The highest BCUT2D eigenvalue weighted by Crippen LogP contribution is 2.16. The molecule has 7 heteroatoms. The van der Waals surface area contributed by atoms with Gasteiger partial charge in [0.25, 0.3) is 5.56 Å². The van der Waals surface area contributed by atoms with Crippen molar-refractivity contribution in [3.63, 3.8) is 0 Å². The van der Waals surface area contributed by atoms with Crippen LogP contribution in [0.3, 0.4) is 0 Å². The van der Waals surface area contributed by atoms with Crippen LogP contribution in [0, 0.1) is 0 Å². The Morgan fingerprint density at radius 3 is 2.91 bits per heavy atom. The van der Waals surface area contributed by atoms with Gasteiger partial charge in [0.15, 0.2) is 0 Å². The second-order valence-corrected chi connectivity index (χ2v) is 5.30. The molecular formula is C15H17N5O2. The van der Waals surface area contributed by atoms with Gasteiger partial charge in [0, 0.05) is 32.4 Å². The number of aryl methyl sites for hydroxylation is 3. The van der Waals surface area contributed by atoms with E-state index >= 15 is 0 Å². The van der Waals surface area contributed by atoms with Crippen LogP contribution in [-0.2, 0) is 25.3 Å². The summed E-state index contributed by atoms with van der Waals surface area (Å²) >= 11 is 0. The van der Waals surface area contributed by atoms with Crippen molar-refractivity contribution in [2.45, 2.75) is 12.8 Å². The summed E-state index contributed by atoms with van der Waals surface area (Å²) in [5.41, 5.74) is 2.29. The summed E-state index contributed by atoms with van der Waals surface area (Å²) in [5.74, 6) is -0.0874. The average Bonchev–Trinajstić information content (AvgIpc) is 3.01. The fraction of sp³-hybridized carbons (Fsp3) is 0.267. The molecule has 1 amide bonds. The van der Waals surface area contributed by atoms with E-state index in [0.29, 0.717) is 23.9 Å². The Labute approximate surface area is 126 Å². The Hall–Kier alpha value is -2.83. The van der Waals surface area contributed by atoms with Crippen LogP contribution in [0.15, 0.2) is 35.4 Å². The molecule has 0 aliphatic carbocycles. The average molecular weight is 299 g/mol. The molecule has 22 heavy (non-hydrogen) atoms. The molecule has 2 N–H and O–H groups in total. The van der Waals surface area contributed by atoms with Crippen LogP contribution in [0.4, 0.5) is 5.69 Å². The van der Waals surface area contributed by atoms with E-state index in [1.165, 1.54) is 0 Å². The van der Waals surface area contributed by atoms with Gasteiger partial charge in [-0.15, -0.1) is 0 Å². The highest BCUT2D eigenvalue weighted by molar-refractivity contribution is 5.93. The topological polar surface area (TPSA) is 84.7 Å². The minimum absolute atomic E-state index is 0.0874. The highest BCUT2D eigenvalue weighted by Gasteiger charge is 2.08. The fourth-order valence-corrected chi connectivity index (χ4v) is 2.44. The van der Waals surface area contributed by atoms with Gasteiger partial charge in [0.2, 0.25) is 5.91 Å². The number of carbonyl (C=O) groups is 1. The quantitative estimate of drug-likeness (QED) is 0.758. The van der Waals surface area contributed by atoms with E-state index < -0.39 is 0 Å². The van der Waals surface area contributed by atoms with E-state index in [1.807, 2.05) is 19.3 Å². The number of anilines is 1. The normalized spacial score (nSPS) is 11.0. The standard InChI is InChI=1S/C15H17N5O2/c1-19-9-10(8-16-19)3-6-14(21)17-11-4-5-13-12(7-11)15(22)18-20(13)2/h4-5,7-9H,3,6H2,1-2H3,(H,17,21)(H,18,22). The predicted octanol–water partition coefficient (Wildman–Crippen LogP) is 1.17. The van der Waals surface area contributed by atoms with Gasteiger partial charge >= 0.3 is 0 Å². The van der Waals surface area contributed by atoms with Gasteiger partial charge in [0.1, 0.15) is 0 Å². The second-order valence-electron chi connectivity index (χ2n) is 5.30. The SMILES string of the molecule is Cn1cc(CCC(=O)Nc2ccc3c(c2)c(=O)[nH]n3C)cn1. The summed E-state index contributed by atoms with van der Waals surface area (Å²) in [7, 11) is 3.62. The van der Waals surface area contributed by atoms with Crippen LogP contribution >= 0.6 is 0 Å². The number of nitrogens with zero attached hydrogens (tertiary/aromatic N) is 3. The van der Waals surface area contributed by atoms with Crippen LogP contribution in [0.2, 0.25) is 0 Å². The molecule has 1 aromatic carbocycles. The Morgan fingerprint density at radius 2 is 2.18 bits per heavy atom. The maximum Gasteiger partial charge on any atom is 0.272 e. The number of carbonyl (C=O) groups excluding carboxylic acids is 1. The zero-order valence-electron chi connectivity index (χ0n) is 12.5. The Kier molecular flexibility index (Phi) is 3.54. The maximum absolute atomic E-state index is 12.0. The zero-order chi connectivity index (χ0) is 15.7. The molecule has 0 saturated carbocycles. The molecule has 3 aromatic rings. The van der Waals surface area contributed by atoms with E-state index in [-0.39, 0.29) is 11.5 Å². The van der Waals surface area contributed by atoms with Crippen molar-refractivity contribution in [1.82, 2.24) is 19.6 Å². The molecule has 0 radical (unpaired) electrons. The van der Waals surface area contributed by atoms with Crippen LogP contribution in [0.25, 0.3) is 10.9 Å². The van der Waals surface area contributed by atoms with Crippen molar-refractivity contribution in [1.29, 1.82) is 0 Å². The number of aromatic nitrogens is 4. The van der Waals surface area contributed by atoms with E-state index in [1.54, 1.807) is 34.7 Å². The number of hydrogen-bond acceptors (Lipinski definition) is 3. The van der Waals surface area contributed by atoms with E-state index in [9.17, 15) is 9.59 Å². The first kappa shape index (κ1) is 14.1. The van der Waals surface area contributed by atoms with Crippen molar-refractivity contribution in [2.24, 2.45) is 14.1 Å². The van der Waals surface area contributed by atoms with Gasteiger partial charge in [0.05, 0.1) is 17.1 Å². The smallest absolute Gasteiger partial charge is 0.272 e.